The molecule has 0 heterocycles. The molecule has 0 aliphatic carbocycles. The van der Waals surface area contributed by atoms with E-state index in [0.717, 1.165) is 0 Å². The Labute approximate surface area is 89.0 Å². The summed E-state index contributed by atoms with van der Waals surface area (Å²) in [6.45, 7) is 0. The fourth-order valence-corrected chi connectivity index (χ4v) is 0. The fourth-order valence-electron chi connectivity index (χ4n) is 0. The Kier molecular flexibility index (Phi) is 42200. The van der Waals surface area contributed by atoms with E-state index in [1.165, 1.54) is 0 Å². The Balaban J connectivity index is 0. The predicted octanol–water partition coefficient (Wildman–Crippen LogP) is -1.62. The molecule has 0 aromatic rings. The molecule has 7 N–H and O–H groups in total. The van der Waals surface area contributed by atoms with E-state index in [0.29, 0.717) is 0 Å². The normalized spacial score (nSPS) is 0. The van der Waals surface area contributed by atoms with Gasteiger partial charge in [-0.3, -0.25) is 0 Å². The molecule has 0 unspecified atom stereocenters. The first-order valence-corrected chi connectivity index (χ1v) is 0. The minimum absolute atomic E-state index is 0. The first kappa shape index (κ1) is 754. The van der Waals surface area contributed by atoms with Crippen LogP contribution in [0.1, 0.15) is 0 Å². The number of hydrogen-bond donors (Lipinski definition) is 0. The largest absolute Gasteiger partial charge is 2.00 e. The monoisotopic (exact) mass is 263 g/mol. The number of hydrogen-bond acceptors (Lipinski definition) is 7. The second kappa shape index (κ2) is 560. The van der Waals surface area contributed by atoms with Crippen molar-refractivity contribution in [3.63, 3.8) is 0 Å². The van der Waals surface area contributed by atoms with E-state index in [1.54, 1.807) is 0 Å². The molecule has 0 spiro atoms. The summed E-state index contributed by atoms with van der Waals surface area (Å²) in [6, 6.07) is 0. The Morgan fingerprint density at radius 2 is 0.400 bits per heavy atom. The van der Waals surface area contributed by atoms with Crippen molar-refractivity contribution in [2.75, 3.05) is 0 Å². The van der Waals surface area contributed by atoms with E-state index in [-0.39, 0.29) is 89.0 Å². The van der Waals surface area contributed by atoms with E-state index >= 15 is 0 Å². The summed E-state index contributed by atoms with van der Waals surface area (Å²) in [7, 11) is 0. The van der Waals surface area contributed by atoms with Crippen LogP contribution in [0.3, 0.4) is 0 Å². The van der Waals surface area contributed by atoms with Crippen molar-refractivity contribution < 1.29 is 71.6 Å². The molecule has 0 atom stereocenters. The van der Waals surface area contributed by atoms with E-state index in [4.69, 9.17) is 0 Å². The van der Waals surface area contributed by atoms with Crippen molar-refractivity contribution in [1.29, 1.82) is 0 Å². The van der Waals surface area contributed by atoms with Gasteiger partial charge in [0.2, 0.25) is 0 Å². The van der Waals surface area contributed by atoms with Crippen molar-refractivity contribution in [1.82, 2.24) is 0 Å². The van der Waals surface area contributed by atoms with Gasteiger partial charge in [0.15, 0.2) is 0 Å². The van der Waals surface area contributed by atoms with Gasteiger partial charge < -0.3 is 38.3 Å². The van der Waals surface area contributed by atoms with Crippen LogP contribution in [0, 0.1) is 0 Å². The standard InChI is InChI=1S/Al.Co.Ni.7H2O/h;;;7*1H2/q;2*+2;;;;;;;/p-7. The zero-order valence-electron chi connectivity index (χ0n) is 4.36. The van der Waals surface area contributed by atoms with Crippen molar-refractivity contribution in [3.05, 3.63) is 0 Å². The van der Waals surface area contributed by atoms with Crippen LogP contribution in [0.25, 0.3) is 0 Å². The summed E-state index contributed by atoms with van der Waals surface area (Å²) in [6.07, 6.45) is 0. The van der Waals surface area contributed by atoms with Crippen LogP contribution < -0.4 is 0 Å². The van der Waals surface area contributed by atoms with Gasteiger partial charge in [0.05, 0.1) is 0 Å². The van der Waals surface area contributed by atoms with Crippen molar-refractivity contribution in [2.24, 2.45) is 0 Å². The van der Waals surface area contributed by atoms with Gasteiger partial charge >= 0.3 is 33.3 Å². The third kappa shape index (κ3) is 402. The molecule has 10 heavy (non-hydrogen) atoms. The van der Waals surface area contributed by atoms with Crippen LogP contribution in [0.2, 0.25) is 0 Å². The summed E-state index contributed by atoms with van der Waals surface area (Å²) in [5, 5.41) is 0. The van der Waals surface area contributed by atoms with Crippen molar-refractivity contribution in [3.8, 4) is 0 Å². The van der Waals surface area contributed by atoms with Crippen molar-refractivity contribution in [2.45, 2.75) is 0 Å². The quantitative estimate of drug-likeness (QED) is 0.465. The molecule has 0 saturated heterocycles. The summed E-state index contributed by atoms with van der Waals surface area (Å²) >= 11 is 0. The maximum Gasteiger partial charge on any atom is 2.00 e. The molecule has 0 aromatic carbocycles. The molecule has 0 aliphatic heterocycles. The van der Waals surface area contributed by atoms with Gasteiger partial charge in [0, 0.05) is 17.4 Å². The van der Waals surface area contributed by atoms with E-state index in [9.17, 15) is 0 Å². The third-order valence-corrected chi connectivity index (χ3v) is 0. The van der Waals surface area contributed by atoms with Crippen LogP contribution in [0.5, 0.6) is 0 Å². The van der Waals surface area contributed by atoms with Gasteiger partial charge in [0.25, 0.3) is 0 Å². The number of rotatable bonds is 0. The zero-order valence-corrected chi connectivity index (χ0v) is 7.54. The molecular formula is H7AlCoNiO7-3. The first-order chi connectivity index (χ1) is 0. The molecule has 4 radical (unpaired) electrons. The molecule has 0 amide bonds. The summed E-state index contributed by atoms with van der Waals surface area (Å²) in [5.41, 5.74) is 0. The summed E-state index contributed by atoms with van der Waals surface area (Å²) in [4.78, 5) is 0. The van der Waals surface area contributed by atoms with Crippen molar-refractivity contribution >= 4 is 17.4 Å². The van der Waals surface area contributed by atoms with Gasteiger partial charge in [0.1, 0.15) is 0 Å². The van der Waals surface area contributed by atoms with Crippen LogP contribution >= 0.6 is 0 Å². The maximum absolute atomic E-state index is 0. The predicted molar refractivity (Wildman–Crippen MR) is 19.3 cm³/mol. The molecule has 0 fully saturated rings. The zero-order chi connectivity index (χ0) is 0. The first-order valence-electron chi connectivity index (χ1n) is 0. The second-order valence-corrected chi connectivity index (χ2v) is 0. The Morgan fingerprint density at radius 3 is 0.400 bits per heavy atom. The van der Waals surface area contributed by atoms with Crippen LogP contribution in [-0.2, 0) is 33.3 Å². The Hall–Kier alpha value is 1.25. The molecule has 74 valence electrons. The molecule has 0 aromatic heterocycles. The average molecular weight is 264 g/mol. The molecular weight excluding hydrogens is 257 g/mol. The molecule has 10 heteroatoms. The minimum atomic E-state index is 0. The van der Waals surface area contributed by atoms with Gasteiger partial charge in [-0.2, -0.15) is 0 Å². The molecule has 0 aliphatic rings. The smallest absolute Gasteiger partial charge is 0.870 e. The molecule has 7 nitrogen and oxygen atoms in total. The second-order valence-electron chi connectivity index (χ2n) is 0. The van der Waals surface area contributed by atoms with E-state index in [1.807, 2.05) is 0 Å². The summed E-state index contributed by atoms with van der Waals surface area (Å²) in [5.74, 6) is 0. The van der Waals surface area contributed by atoms with E-state index < -0.39 is 0 Å². The van der Waals surface area contributed by atoms with Crippen LogP contribution in [-0.4, -0.2) is 55.7 Å². The van der Waals surface area contributed by atoms with E-state index in [2.05, 4.69) is 0 Å². The van der Waals surface area contributed by atoms with Crippen LogP contribution in [0.4, 0.5) is 0 Å². The fraction of sp³-hybridized carbons (Fsp3) is 0. The average Bonchev–Trinajstić information content (AvgIpc) is 0. The molecule has 0 saturated carbocycles. The van der Waals surface area contributed by atoms with Crippen LogP contribution in [0.15, 0.2) is 0 Å². The van der Waals surface area contributed by atoms with Gasteiger partial charge in [-0.25, -0.2) is 0 Å². The molecule has 0 rings (SSSR count). The molecule has 0 bridgehead atoms. The van der Waals surface area contributed by atoms with Gasteiger partial charge in [-0.05, 0) is 0 Å². The summed E-state index contributed by atoms with van der Waals surface area (Å²) < 4.78 is 0. The maximum atomic E-state index is 0. The topological polar surface area (TPSA) is 210 Å². The Morgan fingerprint density at radius 1 is 0.400 bits per heavy atom. The SMILES string of the molecule is [Al].[Co+2].[Ni+2].[OH-].[OH-].[OH-].[OH-].[OH-].[OH-].[OH-]. The van der Waals surface area contributed by atoms with Gasteiger partial charge in [-0.15, -0.1) is 0 Å². The van der Waals surface area contributed by atoms with Gasteiger partial charge in [-0.1, -0.05) is 0 Å². The minimum Gasteiger partial charge on any atom is -0.870 e. The third-order valence-electron chi connectivity index (χ3n) is 0. The Bertz CT molecular complexity index is 13.6.